The predicted molar refractivity (Wildman–Crippen MR) is 57.5 cm³/mol. The van der Waals surface area contributed by atoms with Gasteiger partial charge in [0.1, 0.15) is 6.61 Å². The van der Waals surface area contributed by atoms with Crippen LogP contribution in [0.4, 0.5) is 9.59 Å². The highest BCUT2D eigenvalue weighted by molar-refractivity contribution is 9.25. The normalized spacial score (nSPS) is 12.0. The third kappa shape index (κ3) is 4.70. The molecule has 0 aromatic carbocycles. The molecule has 0 atom stereocenters. The van der Waals surface area contributed by atoms with E-state index in [4.69, 9.17) is 10.2 Å². The van der Waals surface area contributed by atoms with E-state index < -0.39 is 21.1 Å². The Labute approximate surface area is 103 Å². The van der Waals surface area contributed by atoms with Crippen molar-refractivity contribution in [3.63, 3.8) is 0 Å². The van der Waals surface area contributed by atoms with E-state index >= 15 is 0 Å². The van der Waals surface area contributed by atoms with E-state index in [1.807, 2.05) is 0 Å². The molecule has 0 aliphatic rings. The maximum absolute atomic E-state index is 10.4. The van der Waals surface area contributed by atoms with Gasteiger partial charge >= 0.3 is 12.3 Å². The molecule has 0 aliphatic heterocycles. The zero-order valence-corrected chi connectivity index (χ0v) is 11.2. The van der Waals surface area contributed by atoms with Gasteiger partial charge in [-0.05, 0) is 31.9 Å². The first-order valence-corrected chi connectivity index (χ1v) is 5.32. The summed E-state index contributed by atoms with van der Waals surface area (Å²) in [5.74, 6) is 0. The van der Waals surface area contributed by atoms with Crippen LogP contribution in [0.15, 0.2) is 0 Å². The van der Waals surface area contributed by atoms with Crippen molar-refractivity contribution >= 4 is 44.2 Å². The second-order valence-electron chi connectivity index (χ2n) is 3.32. The lowest BCUT2D eigenvalue weighted by Gasteiger charge is -2.35. The van der Waals surface area contributed by atoms with Gasteiger partial charge < -0.3 is 19.7 Å². The summed E-state index contributed by atoms with van der Waals surface area (Å²) in [6.07, 6.45) is -2.93. The molecule has 0 aromatic rings. The summed E-state index contributed by atoms with van der Waals surface area (Å²) in [6.45, 7) is 2.91. The third-order valence-corrected chi connectivity index (χ3v) is 4.03. The van der Waals surface area contributed by atoms with Crippen LogP contribution in [0.1, 0.15) is 13.8 Å². The molecule has 88 valence electrons. The molecular weight excluding hydrogens is 340 g/mol. The number of hydrogen-bond donors (Lipinski definition) is 2. The molecule has 0 aromatic heterocycles. The van der Waals surface area contributed by atoms with Gasteiger partial charge in [-0.2, -0.15) is 0 Å². The number of halogens is 2. The minimum absolute atomic E-state index is 0.230. The lowest BCUT2D eigenvalue weighted by Crippen LogP contribution is -2.41. The molecule has 0 fully saturated rings. The smallest absolute Gasteiger partial charge is 0.450 e. The van der Waals surface area contributed by atoms with Crippen molar-refractivity contribution in [3.8, 4) is 0 Å². The minimum Gasteiger partial charge on any atom is -0.450 e. The summed E-state index contributed by atoms with van der Waals surface area (Å²) >= 11 is 5.99. The van der Waals surface area contributed by atoms with Crippen molar-refractivity contribution in [3.05, 3.63) is 0 Å². The van der Waals surface area contributed by atoms with Gasteiger partial charge in [0.2, 0.25) is 3.42 Å². The van der Waals surface area contributed by atoms with Crippen molar-refractivity contribution < 1.29 is 29.3 Å². The van der Waals surface area contributed by atoms with Crippen LogP contribution in [-0.2, 0) is 9.47 Å². The molecule has 0 saturated heterocycles. The van der Waals surface area contributed by atoms with Crippen molar-refractivity contribution in [2.75, 3.05) is 6.61 Å². The van der Waals surface area contributed by atoms with Gasteiger partial charge in [-0.15, -0.1) is 0 Å². The summed E-state index contributed by atoms with van der Waals surface area (Å²) < 4.78 is 7.46. The Morgan fingerprint density at radius 3 is 2.00 bits per heavy atom. The number of rotatable bonds is 4. The second kappa shape index (κ2) is 5.02. The number of ether oxygens (including phenoxy) is 2. The topological polar surface area (TPSA) is 93.1 Å². The van der Waals surface area contributed by atoms with Crippen molar-refractivity contribution in [2.24, 2.45) is 5.41 Å². The van der Waals surface area contributed by atoms with Crippen molar-refractivity contribution in [2.45, 2.75) is 17.3 Å². The van der Waals surface area contributed by atoms with E-state index in [-0.39, 0.29) is 6.61 Å². The molecule has 0 bridgehead atoms. The quantitative estimate of drug-likeness (QED) is 0.598. The highest BCUT2D eigenvalue weighted by atomic mass is 79.9. The molecule has 0 radical (unpaired) electrons. The molecule has 8 heteroatoms. The Morgan fingerprint density at radius 2 is 1.67 bits per heavy atom. The summed E-state index contributed by atoms with van der Waals surface area (Å²) in [7, 11) is 0. The Morgan fingerprint density at radius 1 is 1.20 bits per heavy atom. The number of carboxylic acid groups (broad SMARTS) is 2. The molecule has 0 unspecified atom stereocenters. The van der Waals surface area contributed by atoms with E-state index in [9.17, 15) is 9.59 Å². The van der Waals surface area contributed by atoms with Crippen molar-refractivity contribution in [1.82, 2.24) is 0 Å². The largest absolute Gasteiger partial charge is 0.507 e. The van der Waals surface area contributed by atoms with Crippen LogP contribution < -0.4 is 0 Å². The second-order valence-corrected chi connectivity index (χ2v) is 6.62. The molecular formula is C7H10Br2O6. The summed E-state index contributed by atoms with van der Waals surface area (Å²) in [4.78, 5) is 20.5. The van der Waals surface area contributed by atoms with Gasteiger partial charge in [-0.25, -0.2) is 9.59 Å². The molecule has 15 heavy (non-hydrogen) atoms. The summed E-state index contributed by atoms with van der Waals surface area (Å²) in [6, 6.07) is 0. The fourth-order valence-corrected chi connectivity index (χ4v) is 1.08. The van der Waals surface area contributed by atoms with Crippen LogP contribution >= 0.6 is 31.9 Å². The average Bonchev–Trinajstić information content (AvgIpc) is 1.98. The van der Waals surface area contributed by atoms with Gasteiger partial charge in [-0.1, -0.05) is 13.8 Å². The molecule has 2 N–H and O–H groups in total. The standard InChI is InChI=1S/C7H10Br2O6/c1-6(2,3-14-4(10)11)7(8,9)15-5(12)13/h3H2,1-2H3,(H,10,11)(H,12,13). The molecule has 0 rings (SSSR count). The molecule has 0 saturated carbocycles. The van der Waals surface area contributed by atoms with Gasteiger partial charge in [-0.3, -0.25) is 0 Å². The molecule has 0 amide bonds. The van der Waals surface area contributed by atoms with Crippen LogP contribution in [-0.4, -0.2) is 32.6 Å². The van der Waals surface area contributed by atoms with Crippen molar-refractivity contribution in [1.29, 1.82) is 0 Å². The lowest BCUT2D eigenvalue weighted by molar-refractivity contribution is -0.00901. The van der Waals surface area contributed by atoms with Crippen LogP contribution in [0.25, 0.3) is 0 Å². The summed E-state index contributed by atoms with van der Waals surface area (Å²) in [5, 5.41) is 16.8. The van der Waals surface area contributed by atoms with Crippen LogP contribution in [0.2, 0.25) is 0 Å². The Balaban J connectivity index is 4.53. The van der Waals surface area contributed by atoms with Crippen LogP contribution in [0.3, 0.4) is 0 Å². The van der Waals surface area contributed by atoms with E-state index in [0.29, 0.717) is 0 Å². The van der Waals surface area contributed by atoms with E-state index in [1.54, 1.807) is 13.8 Å². The van der Waals surface area contributed by atoms with Gasteiger partial charge in [0.25, 0.3) is 0 Å². The number of carbonyl (C=O) groups is 2. The highest BCUT2D eigenvalue weighted by Crippen LogP contribution is 2.45. The first-order chi connectivity index (χ1) is 6.58. The Kier molecular flexibility index (Phi) is 4.85. The molecule has 0 spiro atoms. The van der Waals surface area contributed by atoms with Gasteiger partial charge in [0.05, 0.1) is 5.41 Å². The molecule has 0 heterocycles. The highest BCUT2D eigenvalue weighted by Gasteiger charge is 2.46. The fraction of sp³-hybridized carbons (Fsp3) is 0.714. The Bertz CT molecular complexity index is 262. The lowest BCUT2D eigenvalue weighted by atomic mass is 9.96. The minimum atomic E-state index is -1.49. The first kappa shape index (κ1) is 14.5. The first-order valence-electron chi connectivity index (χ1n) is 3.74. The SMILES string of the molecule is CC(C)(COC(=O)O)C(Br)(Br)OC(=O)O. The van der Waals surface area contributed by atoms with E-state index in [2.05, 4.69) is 41.3 Å². The zero-order valence-electron chi connectivity index (χ0n) is 7.99. The Hall–Kier alpha value is -0.500. The zero-order chi connectivity index (χ0) is 12.3. The van der Waals surface area contributed by atoms with E-state index in [1.165, 1.54) is 0 Å². The van der Waals surface area contributed by atoms with Gasteiger partial charge in [0, 0.05) is 0 Å². The number of hydrogen-bond acceptors (Lipinski definition) is 4. The van der Waals surface area contributed by atoms with Crippen LogP contribution in [0, 0.1) is 5.41 Å². The van der Waals surface area contributed by atoms with Gasteiger partial charge in [0.15, 0.2) is 0 Å². The van der Waals surface area contributed by atoms with E-state index in [0.717, 1.165) is 0 Å². The molecule has 0 aliphatic carbocycles. The number of alkyl halides is 2. The fourth-order valence-electron chi connectivity index (χ4n) is 0.574. The maximum Gasteiger partial charge on any atom is 0.507 e. The monoisotopic (exact) mass is 348 g/mol. The predicted octanol–water partition coefficient (Wildman–Crippen LogP) is 2.85. The molecule has 6 nitrogen and oxygen atoms in total. The maximum atomic E-state index is 10.4. The van der Waals surface area contributed by atoms with Crippen LogP contribution in [0.5, 0.6) is 0 Å². The average molecular weight is 350 g/mol. The summed E-state index contributed by atoms with van der Waals surface area (Å²) in [5.41, 5.74) is -0.913. The third-order valence-electron chi connectivity index (χ3n) is 1.56.